The number of Topliss-reactive ketones (excluding diaryl/α,β-unsaturated/α-hetero) is 3. The van der Waals surface area contributed by atoms with E-state index >= 15 is 33.6 Å². The molecule has 4 saturated carbocycles. The second-order valence-corrected chi connectivity index (χ2v) is 34.9. The number of hydrogen-bond donors (Lipinski definition) is 15. The van der Waals surface area contributed by atoms with Crippen LogP contribution in [0, 0.1) is 41.4 Å². The van der Waals surface area contributed by atoms with Crippen LogP contribution >= 0.6 is 23.2 Å². The summed E-state index contributed by atoms with van der Waals surface area (Å²) < 4.78 is 31.2. The SMILES string of the molecule is CCCCCCCCNC(=O)NC(=O)C[C@@H]1CC(=O)[C@H](NC(=O)[C@@H](CC(C)C)N(C)C(=O)OC(C)(C)C)[C@H](O)c2ccc(c(Cl)c2)Oc2cc3cc(c2OC2OC(CO)C(O)C(O)C2O)Oc2ccc(cc2Cl)[C@@H](O)[C@H]2NC(=O)[C@H](CC(=O)[C@@H]3NC1=O)c1ccc(O)c(c1)-c1c(O)cc(O)cc1[C@@H](C(=O)CC1C3CC4CC(C3)CC1C4)NC2=O. The number of likely N-dealkylation sites (N-methyl/N-ethyl adjacent to an activating group) is 1. The van der Waals surface area contributed by atoms with Gasteiger partial charge in [-0.05, 0) is 184 Å². The van der Waals surface area contributed by atoms with Crippen molar-refractivity contribution >= 4 is 82.2 Å². The van der Waals surface area contributed by atoms with Crippen molar-refractivity contribution in [2.75, 3.05) is 20.2 Å². The Morgan fingerprint density at radius 3 is 1.89 bits per heavy atom. The molecule has 33 heteroatoms. The second-order valence-electron chi connectivity index (χ2n) is 34.1. The summed E-state index contributed by atoms with van der Waals surface area (Å²) in [6, 6.07) is 4.19. The number of carbonyl (C=O) groups excluding carboxylic acids is 10. The number of ether oxygens (including phenoxy) is 5. The van der Waals surface area contributed by atoms with Crippen LogP contribution in [0.1, 0.15) is 202 Å². The first-order chi connectivity index (χ1) is 56.4. The number of phenolic OH excluding ortho intramolecular Hbond substituents is 3. The number of nitrogens with one attached hydrogen (secondary N) is 6. The van der Waals surface area contributed by atoms with Gasteiger partial charge in [-0.2, -0.15) is 0 Å². The molecular formula is C86H105Cl2N7O24. The van der Waals surface area contributed by atoms with Gasteiger partial charge in [-0.15, -0.1) is 0 Å². The molecule has 10 aliphatic rings. The molecule has 0 spiro atoms. The Kier molecular flexibility index (Phi) is 27.9. The number of benzene rings is 5. The predicted octanol–water partition coefficient (Wildman–Crippen LogP) is 9.14. The van der Waals surface area contributed by atoms with Gasteiger partial charge in [-0.1, -0.05) is 94.3 Å². The minimum Gasteiger partial charge on any atom is -0.508 e. The van der Waals surface area contributed by atoms with Gasteiger partial charge >= 0.3 is 12.1 Å². The zero-order chi connectivity index (χ0) is 85.9. The molecule has 119 heavy (non-hydrogen) atoms. The predicted molar refractivity (Wildman–Crippen MR) is 429 cm³/mol. The molecule has 15 rings (SSSR count). The van der Waals surface area contributed by atoms with E-state index in [2.05, 4.69) is 38.8 Å². The lowest BCUT2D eigenvalue weighted by molar-refractivity contribution is -0.277. The third-order valence-corrected chi connectivity index (χ3v) is 24.3. The summed E-state index contributed by atoms with van der Waals surface area (Å²) in [6.45, 7) is 9.55. The molecular weight excluding hydrogens is 1590 g/mol. The smallest absolute Gasteiger partial charge is 0.410 e. The summed E-state index contributed by atoms with van der Waals surface area (Å²) in [7, 11) is 1.29. The van der Waals surface area contributed by atoms with Crippen LogP contribution < -0.4 is 46.1 Å². The van der Waals surface area contributed by atoms with Gasteiger partial charge in [0.15, 0.2) is 28.8 Å². The fraction of sp³-hybridized carbons (Fsp3) is 0.535. The minimum absolute atomic E-state index is 0.0481. The summed E-state index contributed by atoms with van der Waals surface area (Å²) in [5.41, 5.74) is -2.82. The van der Waals surface area contributed by atoms with Gasteiger partial charge in [-0.25, -0.2) is 9.59 Å². The van der Waals surface area contributed by atoms with Crippen LogP contribution in [-0.4, -0.2) is 185 Å². The number of nitrogens with zero attached hydrogens (tertiary/aromatic N) is 1. The number of rotatable bonds is 20. The molecule has 4 aliphatic carbocycles. The molecule has 1 saturated heterocycles. The van der Waals surface area contributed by atoms with Crippen LogP contribution in [0.5, 0.6) is 46.0 Å². The van der Waals surface area contributed by atoms with E-state index in [1.165, 1.54) is 43.4 Å². The number of carbonyl (C=O) groups is 10. The van der Waals surface area contributed by atoms with Crippen molar-refractivity contribution in [3.8, 4) is 57.1 Å². The Morgan fingerprint density at radius 1 is 0.655 bits per heavy atom. The molecule has 6 heterocycles. The van der Waals surface area contributed by atoms with E-state index in [0.29, 0.717) is 18.3 Å². The van der Waals surface area contributed by atoms with Crippen molar-refractivity contribution in [1.29, 1.82) is 0 Å². The maximum absolute atomic E-state index is 16.6. The normalized spacial score (nSPS) is 27.6. The van der Waals surface area contributed by atoms with Crippen molar-refractivity contribution in [3.63, 3.8) is 0 Å². The fourth-order valence-corrected chi connectivity index (χ4v) is 18.3. The highest BCUT2D eigenvalue weighted by Gasteiger charge is 2.51. The molecule has 15 bridgehead atoms. The molecule has 5 unspecified atom stereocenters. The van der Waals surface area contributed by atoms with Crippen LogP contribution in [0.25, 0.3) is 11.1 Å². The van der Waals surface area contributed by atoms with Gasteiger partial charge in [0.2, 0.25) is 41.6 Å². The number of aliphatic hydroxyl groups excluding tert-OH is 6. The largest absolute Gasteiger partial charge is 0.508 e. The summed E-state index contributed by atoms with van der Waals surface area (Å²) in [5, 5.41) is 120. The van der Waals surface area contributed by atoms with E-state index in [-0.39, 0.29) is 98.0 Å². The number of hydrogen-bond acceptors (Lipinski definition) is 24. The zero-order valence-electron chi connectivity index (χ0n) is 67.1. The number of phenols is 3. The van der Waals surface area contributed by atoms with Gasteiger partial charge < -0.3 is 96.2 Å². The molecule has 642 valence electrons. The molecule has 31 nitrogen and oxygen atoms in total. The second kappa shape index (κ2) is 37.5. The van der Waals surface area contributed by atoms with Crippen LogP contribution in [0.15, 0.2) is 78.9 Å². The molecule has 14 atom stereocenters. The molecule has 8 amide bonds. The number of urea groups is 1. The number of imide groups is 1. The van der Waals surface area contributed by atoms with Gasteiger partial charge in [-0.3, -0.25) is 48.6 Å². The zero-order valence-corrected chi connectivity index (χ0v) is 68.6. The molecule has 0 radical (unpaired) electrons. The van der Waals surface area contributed by atoms with E-state index in [4.69, 9.17) is 46.9 Å². The molecule has 15 N–H and O–H groups in total. The topological polar surface area (TPSA) is 474 Å². The van der Waals surface area contributed by atoms with Gasteiger partial charge in [0.25, 0.3) is 0 Å². The average molecular weight is 1690 g/mol. The highest BCUT2D eigenvalue weighted by Crippen LogP contribution is 2.58. The molecule has 5 aromatic rings. The van der Waals surface area contributed by atoms with E-state index < -0.39 is 215 Å². The first kappa shape index (κ1) is 88.6. The van der Waals surface area contributed by atoms with Gasteiger partial charge in [0.05, 0.1) is 28.5 Å². The Balaban J connectivity index is 1.04. The van der Waals surface area contributed by atoms with Crippen LogP contribution in [0.2, 0.25) is 10.0 Å². The van der Waals surface area contributed by atoms with Crippen molar-refractivity contribution < 1.29 is 118 Å². The maximum Gasteiger partial charge on any atom is 0.410 e. The quantitative estimate of drug-likeness (QED) is 0.0323. The third kappa shape index (κ3) is 20.3. The molecule has 6 aliphatic heterocycles. The number of amides is 8. The van der Waals surface area contributed by atoms with E-state index in [9.17, 15) is 60.3 Å². The van der Waals surface area contributed by atoms with Crippen molar-refractivity contribution in [1.82, 2.24) is 36.8 Å². The molecule has 0 aromatic heterocycles. The number of aromatic hydroxyl groups is 3. The minimum atomic E-state index is -2.25. The van der Waals surface area contributed by atoms with Crippen molar-refractivity contribution in [3.05, 3.63) is 117 Å². The van der Waals surface area contributed by atoms with E-state index in [1.807, 2.05) is 0 Å². The van der Waals surface area contributed by atoms with E-state index in [1.54, 1.807) is 34.6 Å². The first-order valence-corrected chi connectivity index (χ1v) is 41.4. The van der Waals surface area contributed by atoms with Crippen LogP contribution in [0.3, 0.4) is 0 Å². The Hall–Kier alpha value is -9.70. The summed E-state index contributed by atoms with van der Waals surface area (Å²) >= 11 is 14.4. The number of unbranched alkanes of at least 4 members (excludes halogenated alkanes) is 5. The van der Waals surface area contributed by atoms with Crippen LogP contribution in [-0.2, 0) is 47.8 Å². The summed E-state index contributed by atoms with van der Waals surface area (Å²) in [4.78, 5) is 154. The summed E-state index contributed by atoms with van der Waals surface area (Å²) in [6.07, 6.45) is -8.75. The number of aliphatic hydroxyl groups is 6. The monoisotopic (exact) mass is 1690 g/mol. The first-order valence-electron chi connectivity index (χ1n) is 40.6. The molecule has 5 fully saturated rings. The highest BCUT2D eigenvalue weighted by molar-refractivity contribution is 6.32. The highest BCUT2D eigenvalue weighted by atomic mass is 35.5. The van der Waals surface area contributed by atoms with Crippen LogP contribution in [0.4, 0.5) is 9.59 Å². The number of halogens is 2. The number of ketones is 3. The Morgan fingerprint density at radius 2 is 1.28 bits per heavy atom. The lowest BCUT2D eigenvalue weighted by Gasteiger charge is -2.54. The van der Waals surface area contributed by atoms with Crippen molar-refractivity contribution in [2.45, 2.75) is 229 Å². The third-order valence-electron chi connectivity index (χ3n) is 23.7. The Labute approximate surface area is 697 Å². The maximum atomic E-state index is 16.6. The van der Waals surface area contributed by atoms with Gasteiger partial charge in [0, 0.05) is 56.5 Å². The fourth-order valence-electron chi connectivity index (χ4n) is 17.9. The standard InChI is InChI=1S/C86H105Cl2N7O24/c1-8-9-10-11-12-13-20-89-84(113)90-67(103)33-48-30-59(100)71(93-81(111)56(21-39(2)3)95(7)85(114)119-86(4,5)6)73(104)43-15-18-62(54(87)28-43)115-64-31-47-32-65(78(64)118-83-77(108)76(107)75(106)66(38-96)117-83)116-63-19-16-44(29-55(63)88)74(105)72-82(112)92-70(61(102)36-50-45-23-40-22-41(25-45)26-46(50)24-40)53-34-49(97)35-58(99)68(53)52-27-42(14-17-57(52)98)51(80(110)94-72)37-60(101)69(47)91-79(48)109/h14-19,27-29,31-32,34-35,39-41,45-46,48,50-51,56,66,69-77,83,96-99,104-108H,8-13,20-26,30,33,36-38H2,1-7H3,(H,91,109)(H,92,112)(H,93,111)(H,94,110)(H2,89,90,103,113)/t40?,41?,45?,46?,48-,50?,51+,56+,66?,69+,70-,71-,72+,73+,74+,75?,76?,77?,83?/m0/s1. The lowest BCUT2D eigenvalue weighted by atomic mass is 9.51. The number of fused-ring (bicyclic) bond motifs is 15. The van der Waals surface area contributed by atoms with Gasteiger partial charge in [0.1, 0.15) is 101 Å². The summed E-state index contributed by atoms with van der Waals surface area (Å²) in [5.74, 6) is -16.3. The van der Waals surface area contributed by atoms with Crippen molar-refractivity contribution in [2.24, 2.45) is 41.4 Å². The lowest BCUT2D eigenvalue weighted by Crippen LogP contribution is -2.60. The van der Waals surface area contributed by atoms with E-state index in [0.717, 1.165) is 112 Å². The molecule has 5 aromatic carbocycles. The Bertz CT molecular complexity index is 4660. The average Bonchev–Trinajstić information content (AvgIpc) is 0.759.